The first-order valence-corrected chi connectivity index (χ1v) is 5.87. The van der Waals surface area contributed by atoms with E-state index in [0.29, 0.717) is 11.4 Å². The number of nitrogens with one attached hydrogen (secondary N) is 1. The van der Waals surface area contributed by atoms with Gasteiger partial charge in [-0.1, -0.05) is 0 Å². The van der Waals surface area contributed by atoms with Crippen LogP contribution in [0.5, 0.6) is 5.75 Å². The van der Waals surface area contributed by atoms with Crippen molar-refractivity contribution < 1.29 is 9.66 Å². The average molecular weight is 251 g/mol. The third-order valence-corrected chi connectivity index (χ3v) is 3.15. The van der Waals surface area contributed by atoms with E-state index in [1.54, 1.807) is 12.1 Å². The Kier molecular flexibility index (Phi) is 3.66. The molecule has 1 fully saturated rings. The van der Waals surface area contributed by atoms with E-state index in [-0.39, 0.29) is 16.7 Å². The van der Waals surface area contributed by atoms with Crippen LogP contribution in [0.15, 0.2) is 18.2 Å². The van der Waals surface area contributed by atoms with Crippen molar-refractivity contribution in [3.63, 3.8) is 0 Å². The molecule has 1 aromatic rings. The molecule has 0 saturated carbocycles. The van der Waals surface area contributed by atoms with Crippen molar-refractivity contribution in [2.45, 2.75) is 12.5 Å². The molecule has 1 aromatic carbocycles. The maximum Gasteiger partial charge on any atom is 0.296 e. The Morgan fingerprint density at radius 1 is 1.56 bits per heavy atom. The maximum atomic E-state index is 11.0. The Morgan fingerprint density at radius 3 is 2.89 bits per heavy atom. The molecule has 0 amide bonds. The Labute approximate surface area is 106 Å². The molecule has 1 aliphatic rings. The first kappa shape index (κ1) is 12.6. The maximum absolute atomic E-state index is 11.0. The number of hydrogen-bond acceptors (Lipinski definition) is 5. The molecule has 1 heterocycles. The van der Waals surface area contributed by atoms with Crippen molar-refractivity contribution in [2.24, 2.45) is 0 Å². The number of rotatable bonds is 4. The molecular formula is C12H17N3O3. The largest absolute Gasteiger partial charge is 0.496 e. The lowest BCUT2D eigenvalue weighted by atomic mass is 10.2. The lowest BCUT2D eigenvalue weighted by molar-refractivity contribution is -0.384. The topological polar surface area (TPSA) is 67.6 Å². The van der Waals surface area contributed by atoms with E-state index < -0.39 is 0 Å². The van der Waals surface area contributed by atoms with E-state index in [0.717, 1.165) is 19.5 Å². The Hall–Kier alpha value is -1.82. The molecule has 1 aliphatic heterocycles. The van der Waals surface area contributed by atoms with Gasteiger partial charge in [-0.05, 0) is 32.1 Å². The van der Waals surface area contributed by atoms with Gasteiger partial charge >= 0.3 is 0 Å². The highest BCUT2D eigenvalue weighted by atomic mass is 16.6. The number of nitro benzene ring substituents is 1. The summed E-state index contributed by atoms with van der Waals surface area (Å²) in [5.41, 5.74) is 0.616. The van der Waals surface area contributed by atoms with Crippen molar-refractivity contribution in [3.8, 4) is 5.75 Å². The third kappa shape index (κ3) is 2.70. The summed E-state index contributed by atoms with van der Waals surface area (Å²) in [5.74, 6) is 0.496. The molecule has 98 valence electrons. The van der Waals surface area contributed by atoms with Crippen LogP contribution >= 0.6 is 0 Å². The van der Waals surface area contributed by atoms with E-state index in [2.05, 4.69) is 10.2 Å². The number of nitrogens with zero attached hydrogens (tertiary/aromatic N) is 2. The van der Waals surface area contributed by atoms with Crippen LogP contribution in [0.2, 0.25) is 0 Å². The summed E-state index contributed by atoms with van der Waals surface area (Å²) in [4.78, 5) is 12.8. The summed E-state index contributed by atoms with van der Waals surface area (Å²) in [6.07, 6.45) is 1.000. The van der Waals surface area contributed by atoms with Crippen LogP contribution in [-0.2, 0) is 0 Å². The number of anilines is 1. The molecule has 0 spiro atoms. The number of nitro groups is 1. The van der Waals surface area contributed by atoms with Gasteiger partial charge in [0.25, 0.3) is 5.69 Å². The Bertz CT molecular complexity index is 450. The van der Waals surface area contributed by atoms with Gasteiger partial charge in [-0.15, -0.1) is 0 Å². The summed E-state index contributed by atoms with van der Waals surface area (Å²) in [7, 11) is 3.54. The first-order valence-electron chi connectivity index (χ1n) is 5.87. The molecule has 0 aromatic heterocycles. The minimum atomic E-state index is -0.385. The van der Waals surface area contributed by atoms with E-state index in [1.165, 1.54) is 13.2 Å². The number of methoxy groups -OCH3 is 1. The second kappa shape index (κ2) is 5.22. The highest BCUT2D eigenvalue weighted by Gasteiger charge is 2.23. The van der Waals surface area contributed by atoms with E-state index in [1.807, 2.05) is 7.05 Å². The number of benzene rings is 1. The molecule has 1 N–H and O–H groups in total. The summed E-state index contributed by atoms with van der Waals surface area (Å²) >= 11 is 0. The zero-order chi connectivity index (χ0) is 13.1. The van der Waals surface area contributed by atoms with Crippen LogP contribution in [0.3, 0.4) is 0 Å². The quantitative estimate of drug-likeness (QED) is 0.652. The molecule has 1 atom stereocenters. The fourth-order valence-electron chi connectivity index (χ4n) is 2.18. The number of likely N-dealkylation sites (tertiary alicyclic amines) is 1. The smallest absolute Gasteiger partial charge is 0.296 e. The minimum absolute atomic E-state index is 0.0592. The van der Waals surface area contributed by atoms with E-state index in [4.69, 9.17) is 4.74 Å². The van der Waals surface area contributed by atoms with Crippen LogP contribution in [0.1, 0.15) is 6.42 Å². The highest BCUT2D eigenvalue weighted by Crippen LogP contribution is 2.30. The minimum Gasteiger partial charge on any atom is -0.496 e. The van der Waals surface area contributed by atoms with Crippen LogP contribution in [0, 0.1) is 10.1 Å². The van der Waals surface area contributed by atoms with Crippen LogP contribution < -0.4 is 10.1 Å². The van der Waals surface area contributed by atoms with Crippen molar-refractivity contribution in [1.29, 1.82) is 0 Å². The molecule has 18 heavy (non-hydrogen) atoms. The van der Waals surface area contributed by atoms with Crippen LogP contribution in [0.25, 0.3) is 0 Å². The van der Waals surface area contributed by atoms with Crippen LogP contribution in [0.4, 0.5) is 11.4 Å². The third-order valence-electron chi connectivity index (χ3n) is 3.15. The van der Waals surface area contributed by atoms with Gasteiger partial charge < -0.3 is 15.0 Å². The normalized spacial score (nSPS) is 19.8. The molecule has 0 radical (unpaired) electrons. The monoisotopic (exact) mass is 251 g/mol. The Balaban J connectivity index is 2.18. The van der Waals surface area contributed by atoms with Gasteiger partial charge in [0.2, 0.25) is 0 Å². The molecular weight excluding hydrogens is 234 g/mol. The summed E-state index contributed by atoms with van der Waals surface area (Å²) in [6.45, 7) is 1.92. The Morgan fingerprint density at radius 2 is 2.33 bits per heavy atom. The average Bonchev–Trinajstić information content (AvgIpc) is 2.75. The van der Waals surface area contributed by atoms with Crippen molar-refractivity contribution in [3.05, 3.63) is 28.3 Å². The second-order valence-corrected chi connectivity index (χ2v) is 4.53. The van der Waals surface area contributed by atoms with Gasteiger partial charge in [-0.2, -0.15) is 0 Å². The summed E-state index contributed by atoms with van der Waals surface area (Å²) in [5, 5.41) is 14.3. The fourth-order valence-corrected chi connectivity index (χ4v) is 2.18. The van der Waals surface area contributed by atoms with Gasteiger partial charge in [-0.3, -0.25) is 10.1 Å². The van der Waals surface area contributed by atoms with Crippen molar-refractivity contribution in [2.75, 3.05) is 32.6 Å². The zero-order valence-corrected chi connectivity index (χ0v) is 10.5. The van der Waals surface area contributed by atoms with E-state index >= 15 is 0 Å². The molecule has 1 saturated heterocycles. The predicted octanol–water partition coefficient (Wildman–Crippen LogP) is 1.72. The second-order valence-electron chi connectivity index (χ2n) is 4.53. The summed E-state index contributed by atoms with van der Waals surface area (Å²) in [6, 6.07) is 5.15. The molecule has 2 rings (SSSR count). The summed E-state index contributed by atoms with van der Waals surface area (Å²) < 4.78 is 5.01. The van der Waals surface area contributed by atoms with Gasteiger partial charge in [0.1, 0.15) is 11.4 Å². The van der Waals surface area contributed by atoms with Crippen LogP contribution in [-0.4, -0.2) is 43.1 Å². The lowest BCUT2D eigenvalue weighted by Crippen LogP contribution is -2.23. The van der Waals surface area contributed by atoms with Gasteiger partial charge in [0.15, 0.2) is 0 Å². The SMILES string of the molecule is COc1ccc(NC2CCN(C)C2)c([N+](=O)[O-])c1. The predicted molar refractivity (Wildman–Crippen MR) is 69.2 cm³/mol. The lowest BCUT2D eigenvalue weighted by Gasteiger charge is -2.14. The van der Waals surface area contributed by atoms with E-state index in [9.17, 15) is 10.1 Å². The standard InChI is InChI=1S/C12H17N3O3/c1-14-6-5-9(8-14)13-11-4-3-10(18-2)7-12(11)15(16)17/h3-4,7,9,13H,5-6,8H2,1-2H3. The number of likely N-dealkylation sites (N-methyl/N-ethyl adjacent to an activating group) is 1. The molecule has 0 bridgehead atoms. The van der Waals surface area contributed by atoms with Gasteiger partial charge in [-0.25, -0.2) is 0 Å². The van der Waals surface area contributed by atoms with Crippen molar-refractivity contribution >= 4 is 11.4 Å². The highest BCUT2D eigenvalue weighted by molar-refractivity contribution is 5.64. The molecule has 6 heteroatoms. The van der Waals surface area contributed by atoms with Crippen molar-refractivity contribution in [1.82, 2.24) is 4.90 Å². The molecule has 0 aliphatic carbocycles. The van der Waals surface area contributed by atoms with Gasteiger partial charge in [0, 0.05) is 12.6 Å². The molecule has 1 unspecified atom stereocenters. The number of ether oxygens (including phenoxy) is 1. The first-order chi connectivity index (χ1) is 8.60. The van der Waals surface area contributed by atoms with Gasteiger partial charge in [0.05, 0.1) is 18.1 Å². The number of hydrogen-bond donors (Lipinski definition) is 1. The fraction of sp³-hybridized carbons (Fsp3) is 0.500. The zero-order valence-electron chi connectivity index (χ0n) is 10.5. The molecule has 6 nitrogen and oxygen atoms in total.